The van der Waals surface area contributed by atoms with Crippen molar-refractivity contribution in [3.8, 4) is 0 Å². The topological polar surface area (TPSA) is 111 Å². The molecule has 0 saturated heterocycles. The highest BCUT2D eigenvalue weighted by molar-refractivity contribution is 7.89. The van der Waals surface area contributed by atoms with E-state index in [9.17, 15) is 13.2 Å². The smallest absolute Gasteiger partial charge is 0.240 e. The fourth-order valence-corrected chi connectivity index (χ4v) is 2.25. The molecule has 1 aromatic rings. The number of ether oxygens (including phenoxy) is 1. The molecule has 0 aliphatic rings. The Morgan fingerprint density at radius 1 is 1.35 bits per heavy atom. The predicted octanol–water partition coefficient (Wildman–Crippen LogP) is -0.103. The van der Waals surface area contributed by atoms with Crippen molar-refractivity contribution < 1.29 is 17.9 Å². The summed E-state index contributed by atoms with van der Waals surface area (Å²) < 4.78 is 30.3. The number of hydrogen-bond acceptors (Lipinski definition) is 5. The van der Waals surface area contributed by atoms with Gasteiger partial charge in [-0.3, -0.25) is 4.79 Å². The summed E-state index contributed by atoms with van der Waals surface area (Å²) in [5, 5.41) is 2.65. The van der Waals surface area contributed by atoms with Crippen LogP contribution in [0.4, 0.5) is 5.69 Å². The first-order chi connectivity index (χ1) is 9.42. The third-order valence-corrected chi connectivity index (χ3v) is 4.16. The fourth-order valence-electron chi connectivity index (χ4n) is 1.52. The lowest BCUT2D eigenvalue weighted by Crippen LogP contribution is -2.28. The van der Waals surface area contributed by atoms with Gasteiger partial charge in [-0.15, -0.1) is 0 Å². The van der Waals surface area contributed by atoms with Crippen molar-refractivity contribution in [2.45, 2.75) is 17.4 Å². The molecule has 1 unspecified atom stereocenters. The summed E-state index contributed by atoms with van der Waals surface area (Å²) in [5.74, 6) is -0.244. The zero-order valence-corrected chi connectivity index (χ0v) is 12.2. The van der Waals surface area contributed by atoms with Crippen molar-refractivity contribution >= 4 is 21.6 Å². The molecular weight excluding hydrogens is 282 g/mol. The Bertz CT molecular complexity index is 538. The van der Waals surface area contributed by atoms with E-state index in [-0.39, 0.29) is 29.9 Å². The molecule has 0 spiro atoms. The van der Waals surface area contributed by atoms with Crippen molar-refractivity contribution in [2.24, 2.45) is 5.73 Å². The molecule has 0 bridgehead atoms. The highest BCUT2D eigenvalue weighted by Crippen LogP contribution is 2.14. The number of rotatable bonds is 7. The molecule has 0 aliphatic carbocycles. The third kappa shape index (κ3) is 4.57. The summed E-state index contributed by atoms with van der Waals surface area (Å²) in [6.07, 6.45) is -0.192. The van der Waals surface area contributed by atoms with Crippen molar-refractivity contribution in [3.63, 3.8) is 0 Å². The van der Waals surface area contributed by atoms with Crippen LogP contribution in [0.1, 0.15) is 6.42 Å². The first-order valence-electron chi connectivity index (χ1n) is 5.99. The van der Waals surface area contributed by atoms with Crippen LogP contribution < -0.4 is 15.8 Å². The molecule has 0 aromatic heterocycles. The molecule has 8 heteroatoms. The first kappa shape index (κ1) is 16.6. The summed E-state index contributed by atoms with van der Waals surface area (Å²) in [7, 11) is -0.645. The van der Waals surface area contributed by atoms with E-state index in [1.165, 1.54) is 38.4 Å². The molecule has 0 radical (unpaired) electrons. The van der Waals surface area contributed by atoms with Gasteiger partial charge < -0.3 is 15.8 Å². The van der Waals surface area contributed by atoms with E-state index in [2.05, 4.69) is 10.0 Å². The van der Waals surface area contributed by atoms with Crippen LogP contribution in [0.3, 0.4) is 0 Å². The number of benzene rings is 1. The fraction of sp³-hybridized carbons (Fsp3) is 0.417. The van der Waals surface area contributed by atoms with Crippen LogP contribution in [0.25, 0.3) is 0 Å². The van der Waals surface area contributed by atoms with Crippen LogP contribution in [-0.4, -0.2) is 41.1 Å². The number of nitrogens with two attached hydrogens (primary N) is 1. The number of anilines is 1. The van der Waals surface area contributed by atoms with Gasteiger partial charge in [0.2, 0.25) is 15.9 Å². The minimum Gasteiger partial charge on any atom is -0.380 e. The van der Waals surface area contributed by atoms with E-state index in [0.29, 0.717) is 5.69 Å². The van der Waals surface area contributed by atoms with Gasteiger partial charge in [-0.25, -0.2) is 13.1 Å². The number of hydrogen-bond donors (Lipinski definition) is 3. The second kappa shape index (κ2) is 7.34. The van der Waals surface area contributed by atoms with Gasteiger partial charge in [0.15, 0.2) is 0 Å². The second-order valence-corrected chi connectivity index (χ2v) is 5.96. The predicted molar refractivity (Wildman–Crippen MR) is 75.8 cm³/mol. The molecule has 0 fully saturated rings. The highest BCUT2D eigenvalue weighted by atomic mass is 32.2. The minimum atomic E-state index is -3.47. The van der Waals surface area contributed by atoms with Crippen LogP contribution in [0, 0.1) is 0 Å². The number of nitrogens with one attached hydrogen (secondary N) is 2. The Balaban J connectivity index is 2.69. The molecule has 0 heterocycles. The summed E-state index contributed by atoms with van der Waals surface area (Å²) in [6, 6.07) is 5.87. The van der Waals surface area contributed by atoms with E-state index in [0.717, 1.165) is 0 Å². The van der Waals surface area contributed by atoms with Gasteiger partial charge in [0.1, 0.15) is 0 Å². The zero-order chi connectivity index (χ0) is 15.2. The van der Waals surface area contributed by atoms with Crippen molar-refractivity contribution in [2.75, 3.05) is 26.0 Å². The van der Waals surface area contributed by atoms with E-state index in [4.69, 9.17) is 10.5 Å². The van der Waals surface area contributed by atoms with Crippen LogP contribution in [-0.2, 0) is 19.6 Å². The van der Waals surface area contributed by atoms with E-state index in [1.54, 1.807) is 0 Å². The zero-order valence-electron chi connectivity index (χ0n) is 11.4. The molecule has 0 saturated carbocycles. The average molecular weight is 301 g/mol. The number of carbonyl (C=O) groups is 1. The lowest BCUT2D eigenvalue weighted by molar-refractivity contribution is -0.118. The van der Waals surface area contributed by atoms with Gasteiger partial charge in [0, 0.05) is 19.3 Å². The maximum atomic E-state index is 11.7. The monoisotopic (exact) mass is 301 g/mol. The summed E-state index contributed by atoms with van der Waals surface area (Å²) in [6.45, 7) is 0.253. The largest absolute Gasteiger partial charge is 0.380 e. The maximum absolute atomic E-state index is 11.7. The van der Waals surface area contributed by atoms with Gasteiger partial charge in [0.25, 0.3) is 0 Å². The normalized spacial score (nSPS) is 12.9. The molecule has 112 valence electrons. The highest BCUT2D eigenvalue weighted by Gasteiger charge is 2.13. The Kier molecular flexibility index (Phi) is 6.08. The van der Waals surface area contributed by atoms with Gasteiger partial charge in [0.05, 0.1) is 17.4 Å². The third-order valence-electron chi connectivity index (χ3n) is 2.73. The lowest BCUT2D eigenvalue weighted by Gasteiger charge is -2.12. The molecule has 1 aromatic carbocycles. The van der Waals surface area contributed by atoms with E-state index < -0.39 is 10.0 Å². The Morgan fingerprint density at radius 2 is 1.95 bits per heavy atom. The van der Waals surface area contributed by atoms with Crippen LogP contribution in [0.5, 0.6) is 0 Å². The average Bonchev–Trinajstić information content (AvgIpc) is 2.45. The quantitative estimate of drug-likeness (QED) is 0.651. The van der Waals surface area contributed by atoms with E-state index >= 15 is 0 Å². The van der Waals surface area contributed by atoms with E-state index in [1.807, 2.05) is 0 Å². The number of carbonyl (C=O) groups excluding carboxylic acids is 1. The van der Waals surface area contributed by atoms with Gasteiger partial charge in [-0.1, -0.05) is 0 Å². The Labute approximate surface area is 118 Å². The lowest BCUT2D eigenvalue weighted by atomic mass is 10.2. The van der Waals surface area contributed by atoms with Crippen molar-refractivity contribution in [1.29, 1.82) is 0 Å². The molecule has 0 aliphatic heterocycles. The first-order valence-corrected chi connectivity index (χ1v) is 7.47. The minimum absolute atomic E-state index is 0.134. The molecule has 20 heavy (non-hydrogen) atoms. The Hall–Kier alpha value is -1.48. The molecule has 1 rings (SSSR count). The van der Waals surface area contributed by atoms with Gasteiger partial charge in [-0.2, -0.15) is 0 Å². The molecule has 4 N–H and O–H groups in total. The summed E-state index contributed by atoms with van der Waals surface area (Å²) in [4.78, 5) is 11.8. The van der Waals surface area contributed by atoms with Crippen molar-refractivity contribution in [1.82, 2.24) is 4.72 Å². The number of methoxy groups -OCH3 is 1. The molecule has 1 amide bonds. The molecule has 1 atom stereocenters. The summed E-state index contributed by atoms with van der Waals surface area (Å²) in [5.41, 5.74) is 5.94. The van der Waals surface area contributed by atoms with Crippen LogP contribution in [0.2, 0.25) is 0 Å². The number of sulfonamides is 1. The molecule has 7 nitrogen and oxygen atoms in total. The second-order valence-electron chi connectivity index (χ2n) is 4.08. The standard InChI is InChI=1S/C12H19N3O4S/c1-14-20(17,18)11-5-3-9(4-6-11)15-12(16)7-10(8-13)19-2/h3-6,10,14H,7-8,13H2,1-2H3,(H,15,16). The van der Waals surface area contributed by atoms with Gasteiger partial charge >= 0.3 is 0 Å². The SMILES string of the molecule is CNS(=O)(=O)c1ccc(NC(=O)CC(CN)OC)cc1. The van der Waals surface area contributed by atoms with Crippen LogP contribution >= 0.6 is 0 Å². The Morgan fingerprint density at radius 3 is 2.40 bits per heavy atom. The van der Waals surface area contributed by atoms with Crippen molar-refractivity contribution in [3.05, 3.63) is 24.3 Å². The number of amides is 1. The van der Waals surface area contributed by atoms with Crippen LogP contribution in [0.15, 0.2) is 29.2 Å². The maximum Gasteiger partial charge on any atom is 0.240 e. The molecular formula is C12H19N3O4S. The van der Waals surface area contributed by atoms with Gasteiger partial charge in [-0.05, 0) is 31.3 Å². The summed E-state index contributed by atoms with van der Waals surface area (Å²) >= 11 is 0.